The van der Waals surface area contributed by atoms with Crippen molar-refractivity contribution < 1.29 is 4.39 Å². The molecule has 1 heterocycles. The van der Waals surface area contributed by atoms with Crippen molar-refractivity contribution in [1.82, 2.24) is 5.32 Å². The summed E-state index contributed by atoms with van der Waals surface area (Å²) in [6.45, 7) is 2.04. The van der Waals surface area contributed by atoms with Crippen LogP contribution in [0.5, 0.6) is 0 Å². The first-order valence-electron chi connectivity index (χ1n) is 5.07. The summed E-state index contributed by atoms with van der Waals surface area (Å²) in [6, 6.07) is 7.06. The predicted octanol–water partition coefficient (Wildman–Crippen LogP) is 1.99. The molecule has 1 fully saturated rings. The van der Waals surface area contributed by atoms with Crippen molar-refractivity contribution in [1.29, 1.82) is 0 Å². The Morgan fingerprint density at radius 3 is 2.79 bits per heavy atom. The van der Waals surface area contributed by atoms with E-state index in [1.165, 1.54) is 25.0 Å². The van der Waals surface area contributed by atoms with E-state index in [1.807, 2.05) is 0 Å². The molecule has 0 spiro atoms. The number of nitrogens with one attached hydrogen (secondary N) is 2. The van der Waals surface area contributed by atoms with Crippen molar-refractivity contribution in [2.45, 2.75) is 18.9 Å². The van der Waals surface area contributed by atoms with Crippen LogP contribution in [0.15, 0.2) is 24.3 Å². The van der Waals surface area contributed by atoms with Gasteiger partial charge in [-0.25, -0.2) is 4.39 Å². The van der Waals surface area contributed by atoms with Crippen molar-refractivity contribution >= 4 is 5.69 Å². The Hall–Kier alpha value is -1.09. The van der Waals surface area contributed by atoms with Crippen molar-refractivity contribution in [2.24, 2.45) is 0 Å². The fourth-order valence-corrected chi connectivity index (χ4v) is 1.74. The van der Waals surface area contributed by atoms with Crippen molar-refractivity contribution in [3.05, 3.63) is 30.1 Å². The number of benzene rings is 1. The highest BCUT2D eigenvalue weighted by atomic mass is 19.1. The molecule has 0 aliphatic carbocycles. The summed E-state index contributed by atoms with van der Waals surface area (Å²) in [4.78, 5) is 0. The maximum atomic E-state index is 12.6. The van der Waals surface area contributed by atoms with Crippen molar-refractivity contribution in [3.8, 4) is 0 Å². The zero-order valence-electron chi connectivity index (χ0n) is 8.09. The normalized spacial score (nSPS) is 21.1. The van der Waals surface area contributed by atoms with Gasteiger partial charge >= 0.3 is 0 Å². The standard InChI is InChI=1S/C11H15FN2/c12-9-3-5-10(6-4-9)14-8-11-2-1-7-13-11/h3-6,11,13-14H,1-2,7-8H2. The van der Waals surface area contributed by atoms with E-state index in [9.17, 15) is 4.39 Å². The maximum Gasteiger partial charge on any atom is 0.123 e. The van der Waals surface area contributed by atoms with Gasteiger partial charge in [0.25, 0.3) is 0 Å². The molecule has 1 saturated heterocycles. The van der Waals surface area contributed by atoms with Crippen molar-refractivity contribution in [2.75, 3.05) is 18.4 Å². The van der Waals surface area contributed by atoms with Crippen LogP contribution in [0, 0.1) is 5.82 Å². The molecule has 2 rings (SSSR count). The SMILES string of the molecule is Fc1ccc(NCC2CCCN2)cc1. The van der Waals surface area contributed by atoms with Crippen LogP contribution in [-0.4, -0.2) is 19.1 Å². The molecule has 0 bridgehead atoms. The molecule has 0 radical (unpaired) electrons. The third kappa shape index (κ3) is 2.45. The molecule has 0 saturated carbocycles. The zero-order chi connectivity index (χ0) is 9.80. The van der Waals surface area contributed by atoms with Gasteiger partial charge in [0.2, 0.25) is 0 Å². The fraction of sp³-hybridized carbons (Fsp3) is 0.455. The summed E-state index contributed by atoms with van der Waals surface area (Å²) in [5.41, 5.74) is 0.986. The molecule has 0 amide bonds. The van der Waals surface area contributed by atoms with E-state index in [1.54, 1.807) is 12.1 Å². The topological polar surface area (TPSA) is 24.1 Å². The molecule has 1 atom stereocenters. The molecule has 2 N–H and O–H groups in total. The fourth-order valence-electron chi connectivity index (χ4n) is 1.74. The first kappa shape index (κ1) is 9.46. The smallest absolute Gasteiger partial charge is 0.123 e. The molecular formula is C11H15FN2. The van der Waals surface area contributed by atoms with E-state index in [2.05, 4.69) is 10.6 Å². The Kier molecular flexibility index (Phi) is 2.99. The van der Waals surface area contributed by atoms with Gasteiger partial charge in [0.05, 0.1) is 0 Å². The minimum atomic E-state index is -0.186. The van der Waals surface area contributed by atoms with Crippen LogP contribution < -0.4 is 10.6 Å². The molecule has 1 aliphatic heterocycles. The Morgan fingerprint density at radius 1 is 1.36 bits per heavy atom. The Balaban J connectivity index is 1.82. The van der Waals surface area contributed by atoms with E-state index in [0.717, 1.165) is 18.8 Å². The number of hydrogen-bond donors (Lipinski definition) is 2. The molecular weight excluding hydrogens is 179 g/mol. The Bertz CT molecular complexity index is 278. The van der Waals surface area contributed by atoms with Crippen LogP contribution in [0.1, 0.15) is 12.8 Å². The van der Waals surface area contributed by atoms with Gasteiger partial charge in [-0.2, -0.15) is 0 Å². The number of rotatable bonds is 3. The van der Waals surface area contributed by atoms with Gasteiger partial charge in [0.15, 0.2) is 0 Å². The van der Waals surface area contributed by atoms with Crippen molar-refractivity contribution in [3.63, 3.8) is 0 Å². The van der Waals surface area contributed by atoms with Crippen LogP contribution in [0.2, 0.25) is 0 Å². The lowest BCUT2D eigenvalue weighted by atomic mass is 10.2. The highest BCUT2D eigenvalue weighted by Gasteiger charge is 2.12. The summed E-state index contributed by atoms with van der Waals surface area (Å²) in [5, 5.41) is 6.69. The third-order valence-corrected chi connectivity index (χ3v) is 2.56. The minimum Gasteiger partial charge on any atom is -0.383 e. The number of halogens is 1. The molecule has 1 aromatic carbocycles. The quantitative estimate of drug-likeness (QED) is 0.769. The lowest BCUT2D eigenvalue weighted by Crippen LogP contribution is -2.29. The van der Waals surface area contributed by atoms with Crippen LogP contribution >= 0.6 is 0 Å². The molecule has 1 aliphatic rings. The molecule has 14 heavy (non-hydrogen) atoms. The van der Waals surface area contributed by atoms with E-state index in [0.29, 0.717) is 6.04 Å². The number of hydrogen-bond acceptors (Lipinski definition) is 2. The third-order valence-electron chi connectivity index (χ3n) is 2.56. The van der Waals surface area contributed by atoms with Gasteiger partial charge in [-0.15, -0.1) is 0 Å². The highest BCUT2D eigenvalue weighted by Crippen LogP contribution is 2.10. The molecule has 2 nitrogen and oxygen atoms in total. The Morgan fingerprint density at radius 2 is 2.14 bits per heavy atom. The molecule has 3 heteroatoms. The molecule has 0 aromatic heterocycles. The molecule has 1 unspecified atom stereocenters. The second kappa shape index (κ2) is 4.42. The molecule has 76 valence electrons. The average Bonchev–Trinajstić information content (AvgIpc) is 2.70. The maximum absolute atomic E-state index is 12.6. The minimum absolute atomic E-state index is 0.186. The predicted molar refractivity (Wildman–Crippen MR) is 55.9 cm³/mol. The zero-order valence-corrected chi connectivity index (χ0v) is 8.09. The summed E-state index contributed by atoms with van der Waals surface area (Å²) in [7, 11) is 0. The summed E-state index contributed by atoms with van der Waals surface area (Å²) < 4.78 is 12.6. The van der Waals surface area contributed by atoms with Crippen LogP contribution in [0.4, 0.5) is 10.1 Å². The van der Waals surface area contributed by atoms with Gasteiger partial charge in [0, 0.05) is 18.3 Å². The van der Waals surface area contributed by atoms with Gasteiger partial charge in [-0.3, -0.25) is 0 Å². The van der Waals surface area contributed by atoms with E-state index in [4.69, 9.17) is 0 Å². The van der Waals surface area contributed by atoms with E-state index >= 15 is 0 Å². The van der Waals surface area contributed by atoms with Crippen LogP contribution in [0.3, 0.4) is 0 Å². The second-order valence-corrected chi connectivity index (χ2v) is 3.68. The first-order chi connectivity index (χ1) is 6.84. The average molecular weight is 194 g/mol. The van der Waals surface area contributed by atoms with Crippen LogP contribution in [-0.2, 0) is 0 Å². The summed E-state index contributed by atoms with van der Waals surface area (Å²) in [6.07, 6.45) is 2.49. The summed E-state index contributed by atoms with van der Waals surface area (Å²) >= 11 is 0. The highest BCUT2D eigenvalue weighted by molar-refractivity contribution is 5.42. The lowest BCUT2D eigenvalue weighted by Gasteiger charge is -2.12. The van der Waals surface area contributed by atoms with Gasteiger partial charge in [-0.05, 0) is 43.7 Å². The second-order valence-electron chi connectivity index (χ2n) is 3.68. The van der Waals surface area contributed by atoms with Crippen LogP contribution in [0.25, 0.3) is 0 Å². The lowest BCUT2D eigenvalue weighted by molar-refractivity contribution is 0.626. The number of anilines is 1. The van der Waals surface area contributed by atoms with Gasteiger partial charge < -0.3 is 10.6 Å². The Labute approximate surface area is 83.5 Å². The van der Waals surface area contributed by atoms with E-state index < -0.39 is 0 Å². The first-order valence-corrected chi connectivity index (χ1v) is 5.07. The van der Waals surface area contributed by atoms with Gasteiger partial charge in [0.1, 0.15) is 5.82 Å². The summed E-state index contributed by atoms with van der Waals surface area (Å²) in [5.74, 6) is -0.186. The molecule has 1 aromatic rings. The van der Waals surface area contributed by atoms with Gasteiger partial charge in [-0.1, -0.05) is 0 Å². The monoisotopic (exact) mass is 194 g/mol. The van der Waals surface area contributed by atoms with E-state index in [-0.39, 0.29) is 5.82 Å². The largest absolute Gasteiger partial charge is 0.383 e.